The van der Waals surface area contributed by atoms with Crippen molar-refractivity contribution in [2.45, 2.75) is 11.8 Å². The lowest BCUT2D eigenvalue weighted by Crippen LogP contribution is -2.25. The minimum absolute atomic E-state index is 0.0187. The molecule has 1 amide bonds. The molecule has 0 bridgehead atoms. The van der Waals surface area contributed by atoms with E-state index in [0.29, 0.717) is 5.69 Å². The van der Waals surface area contributed by atoms with Crippen LogP contribution in [0.5, 0.6) is 0 Å². The fraction of sp³-hybridized carbons (Fsp3) is 0.0455. The number of carbonyl (C=O) groups excluding carboxylic acids is 3. The quantitative estimate of drug-likeness (QED) is 0.229. The largest absolute Gasteiger partial charge is 0.397 e. The molecule has 0 aromatic heterocycles. The van der Waals surface area contributed by atoms with Crippen molar-refractivity contribution in [3.8, 4) is 0 Å². The minimum atomic E-state index is -4.88. The lowest BCUT2D eigenvalue weighted by atomic mass is 9.82. The summed E-state index contributed by atoms with van der Waals surface area (Å²) in [5, 5.41) is 5.35. The minimum Gasteiger partial charge on any atom is -0.397 e. The highest BCUT2D eigenvalue weighted by molar-refractivity contribution is 7.86. The number of hydrogen-bond acceptors (Lipinski definition) is 7. The first-order valence-corrected chi connectivity index (χ1v) is 11.8. The molecule has 0 aliphatic heterocycles. The van der Waals surface area contributed by atoms with Gasteiger partial charge in [-0.1, -0.05) is 47.5 Å². The molecule has 0 radical (unpaired) electrons. The number of benzene rings is 3. The predicted octanol–water partition coefficient (Wildman–Crippen LogP) is 4.30. The van der Waals surface area contributed by atoms with Crippen LogP contribution in [0, 0.1) is 0 Å². The van der Waals surface area contributed by atoms with Gasteiger partial charge in [0.05, 0.1) is 38.2 Å². The Hall–Kier alpha value is -3.44. The van der Waals surface area contributed by atoms with Gasteiger partial charge in [-0.3, -0.25) is 18.9 Å². The molecule has 3 aromatic carbocycles. The highest BCUT2D eigenvalue weighted by Gasteiger charge is 2.36. The number of amides is 1. The monoisotopic (exact) mass is 519 g/mol. The third-order valence-electron chi connectivity index (χ3n) is 5.10. The Morgan fingerprint density at radius 2 is 1.50 bits per heavy atom. The number of rotatable bonds is 4. The Kier molecular flexibility index (Phi) is 5.86. The average molecular weight is 520 g/mol. The van der Waals surface area contributed by atoms with E-state index in [-0.39, 0.29) is 49.6 Å². The van der Waals surface area contributed by atoms with Crippen molar-refractivity contribution in [3.63, 3.8) is 0 Å². The molecule has 0 unspecified atom stereocenters. The van der Waals surface area contributed by atoms with Crippen LogP contribution in [0.15, 0.2) is 47.4 Å². The normalized spacial score (nSPS) is 12.7. The summed E-state index contributed by atoms with van der Waals surface area (Å²) in [6, 6.07) is 9.69. The zero-order valence-corrected chi connectivity index (χ0v) is 19.6. The summed E-state index contributed by atoms with van der Waals surface area (Å²) >= 11 is 12.6. The molecule has 5 N–H and O–H groups in total. The average Bonchev–Trinajstić information content (AvgIpc) is 2.74. The Bertz CT molecular complexity index is 1510. The predicted molar refractivity (Wildman–Crippen MR) is 128 cm³/mol. The van der Waals surface area contributed by atoms with Gasteiger partial charge in [0.1, 0.15) is 4.90 Å². The van der Waals surface area contributed by atoms with Crippen LogP contribution in [0.2, 0.25) is 10.0 Å². The van der Waals surface area contributed by atoms with Gasteiger partial charge in [-0.25, -0.2) is 0 Å². The van der Waals surface area contributed by atoms with Gasteiger partial charge in [-0.15, -0.1) is 0 Å². The first-order chi connectivity index (χ1) is 15.9. The van der Waals surface area contributed by atoms with Crippen molar-refractivity contribution >= 4 is 73.5 Å². The SMILES string of the molecule is CC(=O)Nc1cc(Cl)c(Nc2cc(S(=O)(=O)O)c(N)c3c2C(=O)c2ccccc2C3=O)c(Cl)c1. The fourth-order valence-corrected chi connectivity index (χ4v) is 4.94. The maximum atomic E-state index is 13.3. The Morgan fingerprint density at radius 1 is 0.971 bits per heavy atom. The first-order valence-electron chi connectivity index (χ1n) is 9.56. The summed E-state index contributed by atoms with van der Waals surface area (Å²) in [4.78, 5) is 37.1. The van der Waals surface area contributed by atoms with Crippen LogP contribution >= 0.6 is 23.2 Å². The van der Waals surface area contributed by atoms with Gasteiger partial charge in [0.15, 0.2) is 11.6 Å². The zero-order chi connectivity index (χ0) is 24.9. The second-order valence-corrected chi connectivity index (χ2v) is 9.59. The number of nitrogens with one attached hydrogen (secondary N) is 2. The van der Waals surface area contributed by atoms with E-state index < -0.39 is 32.3 Å². The summed E-state index contributed by atoms with van der Waals surface area (Å²) in [7, 11) is -4.88. The molecule has 0 spiro atoms. The lowest BCUT2D eigenvalue weighted by molar-refractivity contribution is -0.114. The van der Waals surface area contributed by atoms with Crippen molar-refractivity contribution in [2.24, 2.45) is 0 Å². The molecule has 174 valence electrons. The summed E-state index contributed by atoms with van der Waals surface area (Å²) in [6.45, 7) is 1.30. The van der Waals surface area contributed by atoms with E-state index in [1.807, 2.05) is 0 Å². The molecule has 4 rings (SSSR count). The van der Waals surface area contributed by atoms with Crippen LogP contribution in [0.25, 0.3) is 0 Å². The van der Waals surface area contributed by atoms with E-state index in [0.717, 1.165) is 6.07 Å². The van der Waals surface area contributed by atoms with Gasteiger partial charge in [0.25, 0.3) is 10.1 Å². The fourth-order valence-electron chi connectivity index (χ4n) is 3.71. The van der Waals surface area contributed by atoms with E-state index >= 15 is 0 Å². The van der Waals surface area contributed by atoms with E-state index in [2.05, 4.69) is 10.6 Å². The third-order valence-corrected chi connectivity index (χ3v) is 6.59. The number of halogens is 2. The molecular weight excluding hydrogens is 505 g/mol. The van der Waals surface area contributed by atoms with Crippen LogP contribution < -0.4 is 16.4 Å². The molecule has 0 saturated carbocycles. The van der Waals surface area contributed by atoms with E-state index in [9.17, 15) is 27.4 Å². The van der Waals surface area contributed by atoms with E-state index in [1.165, 1.54) is 31.2 Å². The van der Waals surface area contributed by atoms with Crippen molar-refractivity contribution in [3.05, 3.63) is 74.8 Å². The smallest absolute Gasteiger partial charge is 0.296 e. The molecule has 0 fully saturated rings. The summed E-state index contributed by atoms with van der Waals surface area (Å²) in [6.07, 6.45) is 0. The van der Waals surface area contributed by atoms with Crippen LogP contribution in [0.3, 0.4) is 0 Å². The number of nitrogen functional groups attached to an aromatic ring is 1. The topological polar surface area (TPSA) is 156 Å². The number of ketones is 2. The third kappa shape index (κ3) is 4.01. The molecule has 1 aliphatic carbocycles. The number of anilines is 4. The summed E-state index contributed by atoms with van der Waals surface area (Å²) in [5.74, 6) is -1.64. The molecule has 0 heterocycles. The second-order valence-electron chi connectivity index (χ2n) is 7.39. The molecule has 3 aromatic rings. The van der Waals surface area contributed by atoms with Crippen LogP contribution in [-0.4, -0.2) is 30.4 Å². The number of hydrogen-bond donors (Lipinski definition) is 4. The second kappa shape index (κ2) is 8.41. The Morgan fingerprint density at radius 3 is 2.00 bits per heavy atom. The van der Waals surface area contributed by atoms with Crippen LogP contribution in [0.4, 0.5) is 22.7 Å². The van der Waals surface area contributed by atoms with Crippen LogP contribution in [-0.2, 0) is 14.9 Å². The van der Waals surface area contributed by atoms with Crippen molar-refractivity contribution in [1.29, 1.82) is 0 Å². The first kappa shape index (κ1) is 23.7. The molecule has 12 heteroatoms. The molecule has 34 heavy (non-hydrogen) atoms. The maximum Gasteiger partial charge on any atom is 0.296 e. The molecule has 1 aliphatic rings. The Labute approximate surface area is 203 Å². The number of nitrogens with two attached hydrogens (primary N) is 1. The van der Waals surface area contributed by atoms with Gasteiger partial charge in [0.2, 0.25) is 5.91 Å². The molecule has 9 nitrogen and oxygen atoms in total. The van der Waals surface area contributed by atoms with Crippen molar-refractivity contribution in [2.75, 3.05) is 16.4 Å². The van der Waals surface area contributed by atoms with E-state index in [1.54, 1.807) is 12.1 Å². The number of fused-ring (bicyclic) bond motifs is 2. The van der Waals surface area contributed by atoms with Gasteiger partial charge >= 0.3 is 0 Å². The van der Waals surface area contributed by atoms with Gasteiger partial charge in [-0.2, -0.15) is 8.42 Å². The highest BCUT2D eigenvalue weighted by atomic mass is 35.5. The van der Waals surface area contributed by atoms with Gasteiger partial charge < -0.3 is 16.4 Å². The molecule has 0 saturated heterocycles. The molecular formula is C22H15Cl2N3O6S. The van der Waals surface area contributed by atoms with Gasteiger partial charge in [-0.05, 0) is 18.2 Å². The highest BCUT2D eigenvalue weighted by Crippen LogP contribution is 2.42. The Balaban J connectivity index is 1.97. The standard InChI is InChI=1S/C22H15Cl2N3O6S/c1-9(28)26-10-6-13(23)20(14(24)7-10)27-15-8-16(34(31,32)33)19(25)18-17(15)21(29)11-4-2-3-5-12(11)22(18)30/h2-8,27H,25H2,1H3,(H,26,28)(H,31,32,33). The van der Waals surface area contributed by atoms with Crippen molar-refractivity contribution in [1.82, 2.24) is 0 Å². The van der Waals surface area contributed by atoms with Gasteiger partial charge in [0, 0.05) is 23.7 Å². The number of carbonyl (C=O) groups is 3. The summed E-state index contributed by atoms with van der Waals surface area (Å²) in [5.41, 5.74) is 5.15. The maximum absolute atomic E-state index is 13.3. The lowest BCUT2D eigenvalue weighted by Gasteiger charge is -2.24. The zero-order valence-electron chi connectivity index (χ0n) is 17.3. The molecule has 0 atom stereocenters. The van der Waals surface area contributed by atoms with Crippen molar-refractivity contribution < 1.29 is 27.4 Å². The summed E-state index contributed by atoms with van der Waals surface area (Å²) < 4.78 is 33.8. The van der Waals surface area contributed by atoms with E-state index in [4.69, 9.17) is 28.9 Å². The van der Waals surface area contributed by atoms with Crippen LogP contribution in [0.1, 0.15) is 38.8 Å².